The summed E-state index contributed by atoms with van der Waals surface area (Å²) >= 11 is 6.30. The van der Waals surface area contributed by atoms with Gasteiger partial charge in [-0.15, -0.1) is 13.2 Å². The van der Waals surface area contributed by atoms with Gasteiger partial charge in [0.05, 0.1) is 12.5 Å². The van der Waals surface area contributed by atoms with Gasteiger partial charge in [-0.25, -0.2) is 0 Å². The number of carbonyl (C=O) groups is 1. The third-order valence-electron chi connectivity index (χ3n) is 6.07. The van der Waals surface area contributed by atoms with Crippen molar-refractivity contribution in [1.29, 1.82) is 0 Å². The summed E-state index contributed by atoms with van der Waals surface area (Å²) in [4.78, 5) is 16.4. The number of rotatable bonds is 7. The van der Waals surface area contributed by atoms with Crippen molar-refractivity contribution >= 4 is 23.2 Å². The standard InChI is InChI=1S/C23H23ClF3N3O3/c24-19-4-2-1-3-18(19)21(22(28)32)20(13-31)30-11-14-9-29(10-15(14)12-30)16-5-7-17(8-6-16)33-23(25,26)27/h1-8,20-21,31H,9-13H2,(H2,28,32). The third kappa shape index (κ3) is 5.10. The lowest BCUT2D eigenvalue weighted by atomic mass is 9.90. The van der Waals surface area contributed by atoms with Crippen LogP contribution in [0.15, 0.2) is 59.7 Å². The molecule has 2 aliphatic heterocycles. The minimum Gasteiger partial charge on any atom is -0.406 e. The molecule has 3 N–H and O–H groups in total. The van der Waals surface area contributed by atoms with Gasteiger partial charge in [0.15, 0.2) is 0 Å². The van der Waals surface area contributed by atoms with Crippen LogP contribution in [0, 0.1) is 0 Å². The number of benzene rings is 2. The van der Waals surface area contributed by atoms with E-state index in [2.05, 4.69) is 9.64 Å². The van der Waals surface area contributed by atoms with Crippen LogP contribution in [0.4, 0.5) is 18.9 Å². The lowest BCUT2D eigenvalue weighted by Gasteiger charge is -2.34. The molecule has 2 atom stereocenters. The summed E-state index contributed by atoms with van der Waals surface area (Å²) in [6.07, 6.45) is -4.72. The van der Waals surface area contributed by atoms with Crippen molar-refractivity contribution in [3.8, 4) is 5.75 Å². The number of aliphatic hydroxyl groups excluding tert-OH is 1. The maximum absolute atomic E-state index is 12.4. The van der Waals surface area contributed by atoms with Crippen molar-refractivity contribution in [2.45, 2.75) is 18.3 Å². The Kier molecular flexibility index (Phi) is 6.56. The third-order valence-corrected chi connectivity index (χ3v) is 6.42. The monoisotopic (exact) mass is 481 g/mol. The number of hydrogen-bond donors (Lipinski definition) is 2. The second-order valence-electron chi connectivity index (χ2n) is 8.16. The van der Waals surface area contributed by atoms with Gasteiger partial charge < -0.3 is 20.5 Å². The molecule has 2 aromatic carbocycles. The molecule has 0 radical (unpaired) electrons. The van der Waals surface area contributed by atoms with Gasteiger partial charge >= 0.3 is 6.36 Å². The zero-order valence-corrected chi connectivity index (χ0v) is 18.3. The zero-order valence-electron chi connectivity index (χ0n) is 17.6. The Morgan fingerprint density at radius 3 is 2.18 bits per heavy atom. The second-order valence-corrected chi connectivity index (χ2v) is 8.57. The van der Waals surface area contributed by atoms with Crippen LogP contribution >= 0.6 is 11.6 Å². The number of carbonyl (C=O) groups excluding carboxylic acids is 1. The molecule has 0 fully saturated rings. The summed E-state index contributed by atoms with van der Waals surface area (Å²) in [7, 11) is 0. The molecule has 1 amide bonds. The molecule has 10 heteroatoms. The van der Waals surface area contributed by atoms with E-state index in [-0.39, 0.29) is 12.4 Å². The van der Waals surface area contributed by atoms with Crippen LogP contribution in [0.2, 0.25) is 5.02 Å². The van der Waals surface area contributed by atoms with Gasteiger partial charge in [-0.2, -0.15) is 0 Å². The van der Waals surface area contributed by atoms with Crippen LogP contribution < -0.4 is 15.4 Å². The molecule has 2 unspecified atom stereocenters. The highest BCUT2D eigenvalue weighted by molar-refractivity contribution is 6.31. The summed E-state index contributed by atoms with van der Waals surface area (Å²) in [5, 5.41) is 10.6. The van der Waals surface area contributed by atoms with Gasteiger partial charge in [-0.1, -0.05) is 29.8 Å². The Morgan fingerprint density at radius 2 is 1.67 bits per heavy atom. The van der Waals surface area contributed by atoms with Crippen molar-refractivity contribution in [3.05, 3.63) is 70.3 Å². The van der Waals surface area contributed by atoms with Gasteiger partial charge in [0.1, 0.15) is 5.75 Å². The number of aliphatic hydroxyl groups is 1. The first-order valence-corrected chi connectivity index (χ1v) is 10.7. The highest BCUT2D eigenvalue weighted by Crippen LogP contribution is 2.36. The average molecular weight is 482 g/mol. The lowest BCUT2D eigenvalue weighted by Crippen LogP contribution is -2.47. The molecule has 4 rings (SSSR count). The van der Waals surface area contributed by atoms with E-state index in [9.17, 15) is 23.1 Å². The molecule has 0 saturated carbocycles. The number of primary amides is 1. The number of alkyl halides is 3. The SMILES string of the molecule is NC(=O)C(c1ccccc1Cl)C(CO)N1CC2=C(CN(c3ccc(OC(F)(F)F)cc3)C2)C1. The molecule has 176 valence electrons. The number of hydrogen-bond acceptors (Lipinski definition) is 5. The predicted octanol–water partition coefficient (Wildman–Crippen LogP) is 3.30. The number of halogens is 4. The summed E-state index contributed by atoms with van der Waals surface area (Å²) in [6.45, 7) is 2.07. The van der Waals surface area contributed by atoms with E-state index < -0.39 is 24.2 Å². The van der Waals surface area contributed by atoms with E-state index in [1.807, 2.05) is 4.90 Å². The molecule has 0 bridgehead atoms. The smallest absolute Gasteiger partial charge is 0.406 e. The fraction of sp³-hybridized carbons (Fsp3) is 0.348. The molecule has 2 aliphatic rings. The van der Waals surface area contributed by atoms with Crippen LogP contribution in [-0.4, -0.2) is 61.1 Å². The second kappa shape index (κ2) is 9.24. The Morgan fingerprint density at radius 1 is 1.06 bits per heavy atom. The first-order valence-electron chi connectivity index (χ1n) is 10.4. The van der Waals surface area contributed by atoms with E-state index in [0.717, 1.165) is 16.8 Å². The molecule has 33 heavy (non-hydrogen) atoms. The molecule has 0 saturated heterocycles. The highest BCUT2D eigenvalue weighted by atomic mass is 35.5. The van der Waals surface area contributed by atoms with Crippen LogP contribution in [0.5, 0.6) is 5.75 Å². The number of amides is 1. The topological polar surface area (TPSA) is 79.0 Å². The largest absolute Gasteiger partial charge is 0.573 e. The molecular formula is C23H23ClF3N3O3. The van der Waals surface area contributed by atoms with Gasteiger partial charge in [0.2, 0.25) is 5.91 Å². The normalized spacial score (nSPS) is 18.4. The summed E-state index contributed by atoms with van der Waals surface area (Å²) in [5.74, 6) is -1.59. The predicted molar refractivity (Wildman–Crippen MR) is 118 cm³/mol. The van der Waals surface area contributed by atoms with Crippen LogP contribution in [0.3, 0.4) is 0 Å². The molecule has 2 aromatic rings. The minimum atomic E-state index is -4.72. The van der Waals surface area contributed by atoms with Crippen LogP contribution in [0.1, 0.15) is 11.5 Å². The first kappa shape index (κ1) is 23.4. The van der Waals surface area contributed by atoms with E-state index >= 15 is 0 Å². The van der Waals surface area contributed by atoms with Crippen molar-refractivity contribution in [2.75, 3.05) is 37.7 Å². The molecule has 0 spiro atoms. The van der Waals surface area contributed by atoms with Crippen molar-refractivity contribution in [2.24, 2.45) is 5.73 Å². The Balaban J connectivity index is 1.43. The van der Waals surface area contributed by atoms with E-state index in [1.54, 1.807) is 36.4 Å². The summed E-state index contributed by atoms with van der Waals surface area (Å²) in [5.41, 5.74) is 9.40. The van der Waals surface area contributed by atoms with Crippen LogP contribution in [-0.2, 0) is 4.79 Å². The zero-order chi connectivity index (χ0) is 23.8. The molecule has 0 aliphatic carbocycles. The lowest BCUT2D eigenvalue weighted by molar-refractivity contribution is -0.274. The van der Waals surface area contributed by atoms with Gasteiger partial charge in [0.25, 0.3) is 0 Å². The maximum atomic E-state index is 12.4. The summed E-state index contributed by atoms with van der Waals surface area (Å²) in [6, 6.07) is 12.2. The number of ether oxygens (including phenoxy) is 1. The highest BCUT2D eigenvalue weighted by Gasteiger charge is 2.39. The number of anilines is 1. The van der Waals surface area contributed by atoms with E-state index in [4.69, 9.17) is 17.3 Å². The summed E-state index contributed by atoms with van der Waals surface area (Å²) < 4.78 is 41.0. The fourth-order valence-electron chi connectivity index (χ4n) is 4.59. The molecule has 0 aromatic heterocycles. The molecule has 6 nitrogen and oxygen atoms in total. The number of nitrogens with two attached hydrogens (primary N) is 1. The van der Waals surface area contributed by atoms with Gasteiger partial charge in [0, 0.05) is 42.9 Å². The average Bonchev–Trinajstić information content (AvgIpc) is 3.31. The van der Waals surface area contributed by atoms with Gasteiger partial charge in [-0.05, 0) is 47.0 Å². The first-order chi connectivity index (χ1) is 15.7. The Hall–Kier alpha value is -2.75. The van der Waals surface area contributed by atoms with E-state index in [0.29, 0.717) is 36.8 Å². The Bertz CT molecular complexity index is 1040. The number of nitrogens with zero attached hydrogens (tertiary/aromatic N) is 2. The van der Waals surface area contributed by atoms with Crippen molar-refractivity contribution in [1.82, 2.24) is 4.90 Å². The molecular weight excluding hydrogens is 459 g/mol. The maximum Gasteiger partial charge on any atom is 0.573 e. The molecule has 2 heterocycles. The fourth-order valence-corrected chi connectivity index (χ4v) is 4.85. The van der Waals surface area contributed by atoms with Gasteiger partial charge in [-0.3, -0.25) is 9.69 Å². The van der Waals surface area contributed by atoms with Crippen molar-refractivity contribution < 1.29 is 27.8 Å². The minimum absolute atomic E-state index is 0.260. The van der Waals surface area contributed by atoms with E-state index in [1.165, 1.54) is 12.1 Å². The Labute approximate surface area is 194 Å². The van der Waals surface area contributed by atoms with Crippen LogP contribution in [0.25, 0.3) is 0 Å². The quantitative estimate of drug-likeness (QED) is 0.593. The van der Waals surface area contributed by atoms with Crippen molar-refractivity contribution in [3.63, 3.8) is 0 Å².